The summed E-state index contributed by atoms with van der Waals surface area (Å²) in [5, 5.41) is 1.06. The van der Waals surface area contributed by atoms with Crippen LogP contribution in [0.5, 0.6) is 0 Å². The maximum absolute atomic E-state index is 4.40. The fourth-order valence-corrected chi connectivity index (χ4v) is 3.43. The summed E-state index contributed by atoms with van der Waals surface area (Å²) in [6.07, 6.45) is 10.1. The van der Waals surface area contributed by atoms with E-state index in [2.05, 4.69) is 44.6 Å². The first kappa shape index (κ1) is 20.9. The van der Waals surface area contributed by atoms with Crippen molar-refractivity contribution < 1.29 is 20.1 Å². The van der Waals surface area contributed by atoms with Gasteiger partial charge < -0.3 is 9.97 Å². The van der Waals surface area contributed by atoms with Gasteiger partial charge in [-0.05, 0) is 47.9 Å². The van der Waals surface area contributed by atoms with Crippen molar-refractivity contribution in [2.75, 3.05) is 0 Å². The molecule has 29 heavy (non-hydrogen) atoms. The summed E-state index contributed by atoms with van der Waals surface area (Å²) < 4.78 is 5.53. The van der Waals surface area contributed by atoms with Crippen molar-refractivity contribution >= 4 is 21.6 Å². The molecule has 1 aromatic carbocycles. The monoisotopic (exact) mass is 573 g/mol. The number of fused-ring (bicyclic) bond motifs is 1. The van der Waals surface area contributed by atoms with Crippen LogP contribution in [-0.4, -0.2) is 19.3 Å². The molecule has 1 radical (unpaired) electrons. The van der Waals surface area contributed by atoms with Gasteiger partial charge in [0.25, 0.3) is 0 Å². The molecule has 0 unspecified atom stereocenters. The number of nitrogens with zero attached hydrogens (tertiary/aromatic N) is 4. The van der Waals surface area contributed by atoms with Gasteiger partial charge in [-0.3, -0.25) is 4.98 Å². The molecule has 0 aliphatic heterocycles. The summed E-state index contributed by atoms with van der Waals surface area (Å²) >= 11 is 1.47. The predicted molar refractivity (Wildman–Crippen MR) is 113 cm³/mol. The van der Waals surface area contributed by atoms with Crippen molar-refractivity contribution in [1.82, 2.24) is 19.3 Å². The molecule has 5 rings (SSSR count). The quantitative estimate of drug-likeness (QED) is 0.266. The average molecular weight is 573 g/mol. The third-order valence-corrected chi connectivity index (χ3v) is 4.86. The zero-order valence-corrected chi connectivity index (χ0v) is 18.7. The van der Waals surface area contributed by atoms with Crippen molar-refractivity contribution in [3.8, 4) is 22.5 Å². The topological polar surface area (TPSA) is 51.6 Å². The Morgan fingerprint density at radius 2 is 1.83 bits per heavy atom. The average Bonchev–Trinajstić information content (AvgIpc) is 3.20. The van der Waals surface area contributed by atoms with Crippen LogP contribution in [0, 0.1) is 19.2 Å². The van der Waals surface area contributed by atoms with E-state index in [1.165, 1.54) is 17.1 Å². The van der Waals surface area contributed by atoms with E-state index in [0.717, 1.165) is 32.6 Å². The van der Waals surface area contributed by atoms with E-state index in [4.69, 9.17) is 0 Å². The second-order valence-electron chi connectivity index (χ2n) is 6.06. The van der Waals surface area contributed by atoms with E-state index in [0.29, 0.717) is 0 Å². The Morgan fingerprint density at radius 1 is 0.931 bits per heavy atom. The molecule has 4 aromatic heterocycles. The van der Waals surface area contributed by atoms with Crippen molar-refractivity contribution in [2.24, 2.45) is 0 Å². The first-order valence-electron chi connectivity index (χ1n) is 8.73. The molecule has 5 aromatic rings. The van der Waals surface area contributed by atoms with Crippen LogP contribution in [0.2, 0.25) is 0 Å². The van der Waals surface area contributed by atoms with Crippen LogP contribution < -0.4 is 0 Å². The third kappa shape index (κ3) is 5.18. The van der Waals surface area contributed by atoms with E-state index in [-0.39, 0.29) is 20.1 Å². The molecule has 0 spiro atoms. The Kier molecular flexibility index (Phi) is 7.30. The molecule has 4 heterocycles. The second-order valence-corrected chi connectivity index (χ2v) is 6.87. The van der Waals surface area contributed by atoms with Crippen LogP contribution in [0.1, 0.15) is 5.56 Å². The smallest absolute Gasteiger partial charge is 0.0485 e. The second kappa shape index (κ2) is 10.1. The van der Waals surface area contributed by atoms with Crippen LogP contribution in [0.15, 0.2) is 79.4 Å². The van der Waals surface area contributed by atoms with Gasteiger partial charge in [-0.2, -0.15) is 0 Å². The maximum atomic E-state index is 4.40. The van der Waals surface area contributed by atoms with Gasteiger partial charge in [0.15, 0.2) is 0 Å². The minimum Gasteiger partial charge on any atom is -0.360 e. The van der Waals surface area contributed by atoms with Crippen molar-refractivity contribution in [1.29, 1.82) is 0 Å². The fourth-order valence-electron chi connectivity index (χ4n) is 2.67. The van der Waals surface area contributed by atoms with Gasteiger partial charge in [-0.25, -0.2) is 4.37 Å². The maximum Gasteiger partial charge on any atom is 0.0485 e. The number of hydrogen-bond acceptors (Lipinski definition) is 5. The predicted octanol–water partition coefficient (Wildman–Crippen LogP) is 5.41. The van der Waals surface area contributed by atoms with Crippen molar-refractivity contribution in [3.05, 3.63) is 97.2 Å². The summed E-state index contributed by atoms with van der Waals surface area (Å²) in [4.78, 5) is 12.3. The Balaban J connectivity index is 0.000000162. The van der Waals surface area contributed by atoms with E-state index in [1.807, 2.05) is 60.9 Å². The first-order chi connectivity index (χ1) is 13.8. The molecule has 145 valence electrons. The van der Waals surface area contributed by atoms with E-state index >= 15 is 0 Å². The van der Waals surface area contributed by atoms with E-state index in [1.54, 1.807) is 12.4 Å². The van der Waals surface area contributed by atoms with Crippen LogP contribution in [0.3, 0.4) is 0 Å². The minimum absolute atomic E-state index is 0. The molecule has 0 amide bonds. The zero-order chi connectivity index (χ0) is 19.2. The Bertz CT molecular complexity index is 1180. The number of pyridine rings is 3. The largest absolute Gasteiger partial charge is 0.360 e. The number of rotatable bonds is 2. The standard InChI is InChI=1S/C12H10N.C11H6N3S.Ir/c1-10-7-8-13-12(9-10)11-5-3-2-4-6-11;1-2-8(6-12-4-1)11-9-7-13-5-3-10(9)15-14-11;/h2-5,7-9H,1H3;1-5,7H;/q2*-1;. The fraction of sp³-hybridized carbons (Fsp3) is 0.0435. The molecule has 4 nitrogen and oxygen atoms in total. The van der Waals surface area contributed by atoms with Gasteiger partial charge in [0, 0.05) is 49.1 Å². The van der Waals surface area contributed by atoms with Gasteiger partial charge in [0.1, 0.15) is 0 Å². The molecule has 0 N–H and O–H groups in total. The summed E-state index contributed by atoms with van der Waals surface area (Å²) in [5.74, 6) is 0. The first-order valence-corrected chi connectivity index (χ1v) is 9.51. The number of benzene rings is 1. The molecule has 0 atom stereocenters. The molecule has 6 heteroatoms. The van der Waals surface area contributed by atoms with Crippen molar-refractivity contribution in [3.63, 3.8) is 0 Å². The minimum atomic E-state index is 0. The molecule has 0 fully saturated rings. The Labute approximate surface area is 187 Å². The summed E-state index contributed by atoms with van der Waals surface area (Å²) in [7, 11) is 0. The van der Waals surface area contributed by atoms with E-state index < -0.39 is 0 Å². The van der Waals surface area contributed by atoms with Crippen LogP contribution in [0.25, 0.3) is 32.6 Å². The molecule has 0 bridgehead atoms. The molecule has 0 aliphatic rings. The van der Waals surface area contributed by atoms with Gasteiger partial charge >= 0.3 is 0 Å². The third-order valence-electron chi connectivity index (χ3n) is 4.04. The van der Waals surface area contributed by atoms with Gasteiger partial charge in [-0.15, -0.1) is 53.6 Å². The van der Waals surface area contributed by atoms with Crippen LogP contribution >= 0.6 is 11.5 Å². The number of hydrogen-bond donors (Lipinski definition) is 0. The molecule has 0 aliphatic carbocycles. The molecule has 0 saturated carbocycles. The molecule has 0 saturated heterocycles. The normalized spacial score (nSPS) is 9.97. The molecular weight excluding hydrogens is 557 g/mol. The summed E-state index contributed by atoms with van der Waals surface area (Å²) in [5.41, 5.74) is 5.09. The number of aryl methyl sites for hydroxylation is 1. The molecular formula is C23H16IrN4S-2. The van der Waals surface area contributed by atoms with Gasteiger partial charge in [0.2, 0.25) is 0 Å². The number of aromatic nitrogens is 4. The SMILES string of the molecule is Cc1ccnc(-c2[c-]cccc2)c1.[Ir].[c-]1ncccc1-c1nsc2ccncc12. The van der Waals surface area contributed by atoms with Gasteiger partial charge in [0.05, 0.1) is 0 Å². The Morgan fingerprint density at radius 3 is 2.59 bits per heavy atom. The Hall–Kier alpha value is -2.79. The van der Waals surface area contributed by atoms with Crippen LogP contribution in [0.4, 0.5) is 0 Å². The van der Waals surface area contributed by atoms with Gasteiger partial charge in [-0.1, -0.05) is 17.8 Å². The van der Waals surface area contributed by atoms with E-state index in [9.17, 15) is 0 Å². The van der Waals surface area contributed by atoms with Crippen LogP contribution in [-0.2, 0) is 20.1 Å². The van der Waals surface area contributed by atoms with Crippen molar-refractivity contribution in [2.45, 2.75) is 6.92 Å². The summed E-state index contributed by atoms with van der Waals surface area (Å²) in [6, 6.07) is 20.9. The zero-order valence-electron chi connectivity index (χ0n) is 15.5. The summed E-state index contributed by atoms with van der Waals surface area (Å²) in [6.45, 7) is 2.06.